The molecule has 1 atom stereocenters. The lowest BCUT2D eigenvalue weighted by Crippen LogP contribution is -2.32. The van der Waals surface area contributed by atoms with Crippen LogP contribution >= 0.6 is 0 Å². The van der Waals surface area contributed by atoms with Gasteiger partial charge in [-0.05, 0) is 23.3 Å². The number of hydrogen-bond acceptors (Lipinski definition) is 3. The molecule has 4 nitrogen and oxygen atoms in total. The van der Waals surface area contributed by atoms with Gasteiger partial charge >= 0.3 is 5.97 Å². The fraction of sp³-hybridized carbons (Fsp3) is 0.0870. The lowest BCUT2D eigenvalue weighted by Gasteiger charge is -2.23. The van der Waals surface area contributed by atoms with Gasteiger partial charge in [-0.3, -0.25) is 10.1 Å². The molecule has 0 aliphatic heterocycles. The SMILES string of the molecule is O=C(O)[C@H](NC(c1ccccc1)c1ccccc1)c1cc2ccccc2o1. The fourth-order valence-corrected chi connectivity index (χ4v) is 3.26. The minimum Gasteiger partial charge on any atom is -0.480 e. The summed E-state index contributed by atoms with van der Waals surface area (Å²) in [6.07, 6.45) is 0. The zero-order valence-electron chi connectivity index (χ0n) is 14.6. The van der Waals surface area contributed by atoms with E-state index in [1.54, 1.807) is 6.07 Å². The zero-order valence-corrected chi connectivity index (χ0v) is 14.6. The van der Waals surface area contributed by atoms with E-state index in [9.17, 15) is 9.90 Å². The molecule has 1 heterocycles. The first-order chi connectivity index (χ1) is 13.2. The third-order valence-corrected chi connectivity index (χ3v) is 4.58. The van der Waals surface area contributed by atoms with Crippen LogP contribution in [0.4, 0.5) is 0 Å². The van der Waals surface area contributed by atoms with Gasteiger partial charge in [0.2, 0.25) is 0 Å². The Labute approximate surface area is 157 Å². The molecule has 0 saturated heterocycles. The van der Waals surface area contributed by atoms with Crippen molar-refractivity contribution in [2.45, 2.75) is 12.1 Å². The smallest absolute Gasteiger partial charge is 0.328 e. The lowest BCUT2D eigenvalue weighted by molar-refractivity contribution is -0.140. The minimum atomic E-state index is -0.981. The van der Waals surface area contributed by atoms with Gasteiger partial charge < -0.3 is 9.52 Å². The molecule has 0 bridgehead atoms. The second kappa shape index (κ2) is 7.48. The molecule has 0 saturated carbocycles. The highest BCUT2D eigenvalue weighted by atomic mass is 16.4. The molecule has 0 unspecified atom stereocenters. The number of rotatable bonds is 6. The average Bonchev–Trinajstić information content (AvgIpc) is 3.13. The van der Waals surface area contributed by atoms with Crippen LogP contribution in [-0.2, 0) is 4.79 Å². The molecule has 0 fully saturated rings. The summed E-state index contributed by atoms with van der Waals surface area (Å²) in [5, 5.41) is 14.0. The summed E-state index contributed by atoms with van der Waals surface area (Å²) in [7, 11) is 0. The van der Waals surface area contributed by atoms with Crippen LogP contribution in [0.5, 0.6) is 0 Å². The van der Waals surface area contributed by atoms with Gasteiger partial charge in [0.05, 0.1) is 6.04 Å². The molecule has 0 aliphatic rings. The fourth-order valence-electron chi connectivity index (χ4n) is 3.26. The molecule has 3 aromatic carbocycles. The Morgan fingerprint density at radius 3 is 1.93 bits per heavy atom. The molecule has 134 valence electrons. The van der Waals surface area contributed by atoms with Gasteiger partial charge in [-0.25, -0.2) is 0 Å². The normalized spacial score (nSPS) is 12.3. The van der Waals surface area contributed by atoms with Crippen molar-refractivity contribution in [3.8, 4) is 0 Å². The zero-order chi connectivity index (χ0) is 18.6. The molecule has 0 radical (unpaired) electrons. The standard InChI is InChI=1S/C23H19NO3/c25-23(26)22(20-15-18-13-7-8-14-19(18)27-20)24-21(16-9-3-1-4-10-16)17-11-5-2-6-12-17/h1-15,21-22,24H,(H,25,26)/t22-/m1/s1. The van der Waals surface area contributed by atoms with E-state index in [2.05, 4.69) is 5.32 Å². The van der Waals surface area contributed by atoms with Crippen molar-refractivity contribution in [2.75, 3.05) is 0 Å². The number of benzene rings is 3. The summed E-state index contributed by atoms with van der Waals surface area (Å²) in [6, 6.07) is 27.7. The van der Waals surface area contributed by atoms with Crippen molar-refractivity contribution < 1.29 is 14.3 Å². The van der Waals surface area contributed by atoms with Crippen molar-refractivity contribution in [2.24, 2.45) is 0 Å². The summed E-state index contributed by atoms with van der Waals surface area (Å²) in [4.78, 5) is 12.1. The molecule has 0 spiro atoms. The molecule has 4 rings (SSSR count). The van der Waals surface area contributed by atoms with E-state index in [1.807, 2.05) is 84.9 Å². The highest BCUT2D eigenvalue weighted by molar-refractivity contribution is 5.81. The summed E-state index contributed by atoms with van der Waals surface area (Å²) < 4.78 is 5.82. The summed E-state index contributed by atoms with van der Waals surface area (Å²) >= 11 is 0. The van der Waals surface area contributed by atoms with E-state index in [1.165, 1.54) is 0 Å². The molecule has 0 aliphatic carbocycles. The highest BCUT2D eigenvalue weighted by Gasteiger charge is 2.28. The van der Waals surface area contributed by atoms with E-state index in [0.717, 1.165) is 16.5 Å². The maximum absolute atomic E-state index is 12.1. The van der Waals surface area contributed by atoms with E-state index in [-0.39, 0.29) is 6.04 Å². The first-order valence-electron chi connectivity index (χ1n) is 8.79. The van der Waals surface area contributed by atoms with Gasteiger partial charge in [-0.1, -0.05) is 78.9 Å². The van der Waals surface area contributed by atoms with Crippen LogP contribution in [0.15, 0.2) is 95.4 Å². The summed E-state index contributed by atoms with van der Waals surface area (Å²) in [6.45, 7) is 0. The summed E-state index contributed by atoms with van der Waals surface area (Å²) in [5.74, 6) is -0.591. The number of carboxylic acids is 1. The first kappa shape index (κ1) is 17.1. The van der Waals surface area contributed by atoms with Crippen molar-refractivity contribution >= 4 is 16.9 Å². The van der Waals surface area contributed by atoms with Crippen LogP contribution < -0.4 is 5.32 Å². The Balaban J connectivity index is 1.74. The van der Waals surface area contributed by atoms with E-state index >= 15 is 0 Å². The van der Waals surface area contributed by atoms with Crippen LogP contribution in [-0.4, -0.2) is 11.1 Å². The molecule has 1 aromatic heterocycles. The van der Waals surface area contributed by atoms with E-state index in [4.69, 9.17) is 4.42 Å². The number of fused-ring (bicyclic) bond motifs is 1. The Morgan fingerprint density at radius 1 is 0.815 bits per heavy atom. The number of furan rings is 1. The summed E-state index contributed by atoms with van der Waals surface area (Å²) in [5.41, 5.74) is 2.66. The van der Waals surface area contributed by atoms with Gasteiger partial charge in [-0.15, -0.1) is 0 Å². The van der Waals surface area contributed by atoms with E-state index in [0.29, 0.717) is 11.3 Å². The van der Waals surface area contributed by atoms with Gasteiger partial charge in [0.15, 0.2) is 6.04 Å². The van der Waals surface area contributed by atoms with Crippen molar-refractivity contribution in [3.63, 3.8) is 0 Å². The molecule has 0 amide bonds. The maximum atomic E-state index is 12.1. The quantitative estimate of drug-likeness (QED) is 0.513. The predicted octanol–water partition coefficient (Wildman–Crippen LogP) is 4.94. The first-order valence-corrected chi connectivity index (χ1v) is 8.79. The number of nitrogens with one attached hydrogen (secondary N) is 1. The van der Waals surface area contributed by atoms with Gasteiger partial charge in [0.25, 0.3) is 0 Å². The van der Waals surface area contributed by atoms with Gasteiger partial charge in [0.1, 0.15) is 11.3 Å². The van der Waals surface area contributed by atoms with Crippen molar-refractivity contribution in [1.82, 2.24) is 5.32 Å². The number of carbonyl (C=O) groups is 1. The van der Waals surface area contributed by atoms with Crippen molar-refractivity contribution in [1.29, 1.82) is 0 Å². The monoisotopic (exact) mass is 357 g/mol. The largest absolute Gasteiger partial charge is 0.480 e. The van der Waals surface area contributed by atoms with Crippen LogP contribution in [0.1, 0.15) is 29.0 Å². The third kappa shape index (κ3) is 3.61. The Bertz CT molecular complexity index is 968. The topological polar surface area (TPSA) is 62.5 Å². The number of aliphatic carboxylic acids is 1. The minimum absolute atomic E-state index is 0.276. The number of carboxylic acid groups (broad SMARTS) is 1. The highest BCUT2D eigenvalue weighted by Crippen LogP contribution is 2.29. The van der Waals surface area contributed by atoms with Gasteiger partial charge in [0, 0.05) is 5.39 Å². The number of para-hydroxylation sites is 1. The van der Waals surface area contributed by atoms with Crippen LogP contribution in [0.2, 0.25) is 0 Å². The molecule has 2 N–H and O–H groups in total. The van der Waals surface area contributed by atoms with E-state index < -0.39 is 12.0 Å². The Morgan fingerprint density at radius 2 is 1.37 bits per heavy atom. The van der Waals surface area contributed by atoms with Crippen molar-refractivity contribution in [3.05, 3.63) is 108 Å². The Hall–Kier alpha value is -3.37. The molecule has 4 aromatic rings. The average molecular weight is 357 g/mol. The van der Waals surface area contributed by atoms with Crippen LogP contribution in [0, 0.1) is 0 Å². The molecule has 27 heavy (non-hydrogen) atoms. The molecular formula is C23H19NO3. The third-order valence-electron chi connectivity index (χ3n) is 4.58. The molecule has 4 heteroatoms. The Kier molecular flexibility index (Phi) is 4.73. The molecular weight excluding hydrogens is 338 g/mol. The predicted molar refractivity (Wildman–Crippen MR) is 104 cm³/mol. The van der Waals surface area contributed by atoms with Crippen LogP contribution in [0.25, 0.3) is 11.0 Å². The van der Waals surface area contributed by atoms with Gasteiger partial charge in [-0.2, -0.15) is 0 Å². The second-order valence-corrected chi connectivity index (χ2v) is 6.38. The second-order valence-electron chi connectivity index (χ2n) is 6.38. The lowest BCUT2D eigenvalue weighted by atomic mass is 9.97. The van der Waals surface area contributed by atoms with Crippen LogP contribution in [0.3, 0.4) is 0 Å². The maximum Gasteiger partial charge on any atom is 0.328 e. The number of hydrogen-bond donors (Lipinski definition) is 2.